The fourth-order valence-electron chi connectivity index (χ4n) is 2.03. The number of aliphatic hydroxyl groups is 1. The molecule has 0 aliphatic carbocycles. The van der Waals surface area contributed by atoms with Gasteiger partial charge in [0.15, 0.2) is 0 Å². The summed E-state index contributed by atoms with van der Waals surface area (Å²) in [5.41, 5.74) is -0.228. The van der Waals surface area contributed by atoms with Crippen LogP contribution in [0.4, 0.5) is 8.78 Å². The molecule has 114 valence electrons. The number of halogens is 2. The van der Waals surface area contributed by atoms with Crippen LogP contribution in [-0.2, 0) is 4.79 Å². The fraction of sp³-hybridized carbons (Fsp3) is 0.429. The maximum atomic E-state index is 13.3. The summed E-state index contributed by atoms with van der Waals surface area (Å²) in [5.74, 6) is -2.38. The summed E-state index contributed by atoms with van der Waals surface area (Å²) in [6, 6.07) is 2.73. The second-order valence-corrected chi connectivity index (χ2v) is 4.94. The molecule has 0 bridgehead atoms. The van der Waals surface area contributed by atoms with E-state index in [9.17, 15) is 18.4 Å². The van der Waals surface area contributed by atoms with Gasteiger partial charge in [-0.3, -0.25) is 9.59 Å². The molecule has 0 spiro atoms. The molecule has 0 atom stereocenters. The molecule has 1 heterocycles. The lowest BCUT2D eigenvalue weighted by Gasteiger charge is -2.35. The van der Waals surface area contributed by atoms with Crippen LogP contribution in [0.1, 0.15) is 23.2 Å². The fourth-order valence-corrected chi connectivity index (χ4v) is 2.03. The lowest BCUT2D eigenvalue weighted by atomic mass is 10.1. The normalized spacial score (nSPS) is 14.7. The number of benzene rings is 1. The van der Waals surface area contributed by atoms with Crippen LogP contribution in [0.5, 0.6) is 0 Å². The first-order valence-corrected chi connectivity index (χ1v) is 6.66. The summed E-state index contributed by atoms with van der Waals surface area (Å²) < 4.78 is 26.1. The van der Waals surface area contributed by atoms with Crippen molar-refractivity contribution in [3.8, 4) is 0 Å². The molecule has 5 nitrogen and oxygen atoms in total. The predicted octanol–water partition coefficient (Wildman–Crippen LogP) is 0.678. The number of likely N-dealkylation sites (tertiary alicyclic amines) is 1. The summed E-state index contributed by atoms with van der Waals surface area (Å²) in [6.45, 7) is 0.926. The number of hydrogen-bond acceptors (Lipinski definition) is 3. The van der Waals surface area contributed by atoms with Gasteiger partial charge in [-0.2, -0.15) is 0 Å². The molecular weight excluding hydrogens is 282 g/mol. The average Bonchev–Trinajstić information content (AvgIpc) is 2.39. The van der Waals surface area contributed by atoms with Crippen LogP contribution < -0.4 is 5.32 Å². The van der Waals surface area contributed by atoms with Crippen molar-refractivity contribution in [2.75, 3.05) is 19.6 Å². The van der Waals surface area contributed by atoms with Gasteiger partial charge >= 0.3 is 0 Å². The minimum atomic E-state index is -0.918. The maximum absolute atomic E-state index is 13.3. The number of rotatable bonds is 5. The molecule has 7 heteroatoms. The molecule has 1 aliphatic rings. The highest BCUT2D eigenvalue weighted by atomic mass is 19.1. The molecule has 2 N–H and O–H groups in total. The number of amides is 2. The molecule has 0 aromatic heterocycles. The van der Waals surface area contributed by atoms with Gasteiger partial charge in [-0.05, 0) is 18.6 Å². The highest BCUT2D eigenvalue weighted by molar-refractivity contribution is 5.94. The van der Waals surface area contributed by atoms with Crippen LogP contribution >= 0.6 is 0 Å². The van der Waals surface area contributed by atoms with Crippen LogP contribution in [0.25, 0.3) is 0 Å². The van der Waals surface area contributed by atoms with Gasteiger partial charge in [0, 0.05) is 32.1 Å². The molecule has 1 aliphatic heterocycles. The molecule has 2 rings (SSSR count). The number of nitrogens with zero attached hydrogens (tertiary/aromatic N) is 1. The van der Waals surface area contributed by atoms with E-state index in [0.29, 0.717) is 25.6 Å². The van der Waals surface area contributed by atoms with Gasteiger partial charge in [-0.25, -0.2) is 8.78 Å². The van der Waals surface area contributed by atoms with Crippen LogP contribution in [-0.4, -0.2) is 47.6 Å². The van der Waals surface area contributed by atoms with E-state index >= 15 is 0 Å². The molecule has 0 saturated carbocycles. The van der Waals surface area contributed by atoms with Crippen molar-refractivity contribution in [3.63, 3.8) is 0 Å². The Morgan fingerprint density at radius 3 is 2.67 bits per heavy atom. The summed E-state index contributed by atoms with van der Waals surface area (Å²) in [4.78, 5) is 24.8. The van der Waals surface area contributed by atoms with Crippen LogP contribution in [0.2, 0.25) is 0 Å². The monoisotopic (exact) mass is 298 g/mol. The van der Waals surface area contributed by atoms with Crippen LogP contribution in [0.15, 0.2) is 18.2 Å². The van der Waals surface area contributed by atoms with Gasteiger partial charge < -0.3 is 15.3 Å². The Morgan fingerprint density at radius 2 is 2.05 bits per heavy atom. The number of β-amino-alcohol motifs (C(OH)–C–C–N with tert-alkyl or cyclic N) is 1. The van der Waals surface area contributed by atoms with E-state index < -0.39 is 23.6 Å². The molecule has 21 heavy (non-hydrogen) atoms. The summed E-state index contributed by atoms with van der Waals surface area (Å²) in [7, 11) is 0. The number of aliphatic hydroxyl groups excluding tert-OH is 1. The average molecular weight is 298 g/mol. The van der Waals surface area contributed by atoms with Gasteiger partial charge in [-0.15, -0.1) is 0 Å². The van der Waals surface area contributed by atoms with E-state index in [2.05, 4.69) is 5.32 Å². The molecule has 1 aromatic carbocycles. The zero-order chi connectivity index (χ0) is 15.4. The Hall–Kier alpha value is -2.02. The summed E-state index contributed by atoms with van der Waals surface area (Å²) >= 11 is 0. The second-order valence-electron chi connectivity index (χ2n) is 4.94. The zero-order valence-electron chi connectivity index (χ0n) is 11.3. The number of nitrogens with one attached hydrogen (secondary N) is 1. The van der Waals surface area contributed by atoms with Crippen molar-refractivity contribution in [1.82, 2.24) is 10.2 Å². The SMILES string of the molecule is O=C(NCCCC(=O)N1CC(O)C1)c1ccc(F)cc1F. The van der Waals surface area contributed by atoms with Gasteiger partial charge in [-0.1, -0.05) is 0 Å². The van der Waals surface area contributed by atoms with E-state index in [1.165, 1.54) is 4.90 Å². The minimum Gasteiger partial charge on any atom is -0.389 e. The largest absolute Gasteiger partial charge is 0.389 e. The van der Waals surface area contributed by atoms with Gasteiger partial charge in [0.05, 0.1) is 11.7 Å². The topological polar surface area (TPSA) is 69.6 Å². The zero-order valence-corrected chi connectivity index (χ0v) is 11.3. The number of carbonyl (C=O) groups excluding carboxylic acids is 2. The predicted molar refractivity (Wildman–Crippen MR) is 70.5 cm³/mol. The third kappa shape index (κ3) is 3.98. The molecule has 0 radical (unpaired) electrons. The highest BCUT2D eigenvalue weighted by Gasteiger charge is 2.27. The first-order valence-electron chi connectivity index (χ1n) is 6.66. The number of carbonyl (C=O) groups is 2. The minimum absolute atomic E-state index is 0.0810. The van der Waals surface area contributed by atoms with E-state index in [-0.39, 0.29) is 24.4 Å². The lowest BCUT2D eigenvalue weighted by molar-refractivity contribution is -0.141. The Balaban J connectivity index is 1.71. The van der Waals surface area contributed by atoms with Crippen LogP contribution in [0.3, 0.4) is 0 Å². The van der Waals surface area contributed by atoms with Gasteiger partial charge in [0.25, 0.3) is 5.91 Å². The standard InChI is InChI=1S/C14H16F2N2O3/c15-9-3-4-11(12(16)6-9)14(21)17-5-1-2-13(20)18-7-10(19)8-18/h3-4,6,10,19H,1-2,5,7-8H2,(H,17,21). The van der Waals surface area contributed by atoms with Crippen LogP contribution in [0, 0.1) is 11.6 Å². The van der Waals surface area contributed by atoms with Crippen molar-refractivity contribution in [2.45, 2.75) is 18.9 Å². The van der Waals surface area contributed by atoms with Crippen molar-refractivity contribution >= 4 is 11.8 Å². The Bertz CT molecular complexity index is 545. The Morgan fingerprint density at radius 1 is 1.33 bits per heavy atom. The molecule has 1 saturated heterocycles. The third-order valence-corrected chi connectivity index (χ3v) is 3.24. The van der Waals surface area contributed by atoms with Gasteiger partial charge in [0.1, 0.15) is 11.6 Å². The van der Waals surface area contributed by atoms with Crippen molar-refractivity contribution < 1.29 is 23.5 Å². The molecule has 0 unspecified atom stereocenters. The molecule has 1 fully saturated rings. The molecular formula is C14H16F2N2O3. The highest BCUT2D eigenvalue weighted by Crippen LogP contribution is 2.11. The van der Waals surface area contributed by atoms with Crippen molar-refractivity contribution in [3.05, 3.63) is 35.4 Å². The summed E-state index contributed by atoms with van der Waals surface area (Å²) in [6.07, 6.45) is 0.230. The van der Waals surface area contributed by atoms with E-state index in [1.54, 1.807) is 0 Å². The smallest absolute Gasteiger partial charge is 0.254 e. The van der Waals surface area contributed by atoms with Crippen molar-refractivity contribution in [1.29, 1.82) is 0 Å². The maximum Gasteiger partial charge on any atom is 0.254 e. The first-order chi connectivity index (χ1) is 9.97. The second kappa shape index (κ2) is 6.62. The third-order valence-electron chi connectivity index (χ3n) is 3.24. The summed E-state index contributed by atoms with van der Waals surface area (Å²) in [5, 5.41) is 11.5. The Kier molecular flexibility index (Phi) is 4.85. The van der Waals surface area contributed by atoms with E-state index in [4.69, 9.17) is 5.11 Å². The van der Waals surface area contributed by atoms with Crippen molar-refractivity contribution in [2.24, 2.45) is 0 Å². The first kappa shape index (κ1) is 15.4. The molecule has 2 amide bonds. The van der Waals surface area contributed by atoms with Gasteiger partial charge in [0.2, 0.25) is 5.91 Å². The van der Waals surface area contributed by atoms with E-state index in [0.717, 1.165) is 12.1 Å². The van der Waals surface area contributed by atoms with E-state index in [1.807, 2.05) is 0 Å². The molecule has 1 aromatic rings. The Labute approximate surface area is 120 Å². The number of hydrogen-bond donors (Lipinski definition) is 2. The quantitative estimate of drug-likeness (QED) is 0.785. The lowest BCUT2D eigenvalue weighted by Crippen LogP contribution is -2.53.